The highest BCUT2D eigenvalue weighted by molar-refractivity contribution is 7.89. The number of aliphatic carboxylic acids is 1. The predicted molar refractivity (Wildman–Crippen MR) is 78.5 cm³/mol. The fourth-order valence-corrected chi connectivity index (χ4v) is 4.52. The molecule has 1 aliphatic rings. The van der Waals surface area contributed by atoms with Gasteiger partial charge in [-0.15, -0.1) is 0 Å². The maximum absolute atomic E-state index is 12.0. The molecule has 2 heterocycles. The molecule has 0 saturated carbocycles. The Labute approximate surface area is 122 Å². The van der Waals surface area contributed by atoms with Crippen molar-refractivity contribution in [1.82, 2.24) is 9.29 Å². The Morgan fingerprint density at radius 3 is 2.81 bits per heavy atom. The number of hydrogen-bond acceptors (Lipinski definition) is 3. The van der Waals surface area contributed by atoms with Gasteiger partial charge < -0.3 is 10.1 Å². The van der Waals surface area contributed by atoms with Gasteiger partial charge in [-0.05, 0) is 18.1 Å². The Morgan fingerprint density at radius 1 is 1.38 bits per heavy atom. The van der Waals surface area contributed by atoms with Gasteiger partial charge in [-0.25, -0.2) is 8.42 Å². The van der Waals surface area contributed by atoms with Crippen LogP contribution in [0, 0.1) is 0 Å². The third-order valence-corrected chi connectivity index (χ3v) is 5.82. The number of fused-ring (bicyclic) bond motifs is 1. The van der Waals surface area contributed by atoms with Crippen molar-refractivity contribution < 1.29 is 18.3 Å². The highest BCUT2D eigenvalue weighted by atomic mass is 32.2. The summed E-state index contributed by atoms with van der Waals surface area (Å²) in [5, 5.41) is 10.4. The Bertz CT molecular complexity index is 781. The van der Waals surface area contributed by atoms with Crippen LogP contribution in [0.15, 0.2) is 30.5 Å². The number of aromatic nitrogens is 1. The molecule has 21 heavy (non-hydrogen) atoms. The van der Waals surface area contributed by atoms with E-state index in [1.54, 1.807) is 6.20 Å². The molecule has 112 valence electrons. The lowest BCUT2D eigenvalue weighted by atomic mass is 10.0. The first-order chi connectivity index (χ1) is 9.99. The minimum atomic E-state index is -3.45. The molecule has 0 bridgehead atoms. The van der Waals surface area contributed by atoms with E-state index in [1.807, 2.05) is 24.3 Å². The number of carboxylic acid groups (broad SMARTS) is 1. The number of benzene rings is 1. The second-order valence-corrected chi connectivity index (χ2v) is 7.24. The zero-order valence-corrected chi connectivity index (χ0v) is 12.1. The van der Waals surface area contributed by atoms with Crippen molar-refractivity contribution in [3.05, 3.63) is 36.0 Å². The highest BCUT2D eigenvalue weighted by Gasteiger charge is 2.38. The van der Waals surface area contributed by atoms with Crippen molar-refractivity contribution >= 4 is 26.9 Å². The van der Waals surface area contributed by atoms with E-state index < -0.39 is 22.0 Å². The summed E-state index contributed by atoms with van der Waals surface area (Å²) in [6, 6.07) is 6.53. The monoisotopic (exact) mass is 308 g/mol. The molecule has 1 unspecified atom stereocenters. The first-order valence-electron chi connectivity index (χ1n) is 6.76. The molecule has 6 nitrogen and oxygen atoms in total. The number of hydrogen-bond donors (Lipinski definition) is 2. The lowest BCUT2D eigenvalue weighted by Gasteiger charge is -2.22. The number of H-pyrrole nitrogens is 1. The molecule has 0 spiro atoms. The van der Waals surface area contributed by atoms with E-state index in [0.29, 0.717) is 6.42 Å². The summed E-state index contributed by atoms with van der Waals surface area (Å²) in [7, 11) is -3.45. The van der Waals surface area contributed by atoms with Crippen LogP contribution in [0.2, 0.25) is 0 Å². The van der Waals surface area contributed by atoms with Gasteiger partial charge in [0.05, 0.1) is 5.75 Å². The molecule has 1 saturated heterocycles. The summed E-state index contributed by atoms with van der Waals surface area (Å²) in [6.07, 6.45) is 2.40. The number of carboxylic acids is 1. The summed E-state index contributed by atoms with van der Waals surface area (Å²) >= 11 is 0. The van der Waals surface area contributed by atoms with Crippen LogP contribution in [-0.2, 0) is 21.2 Å². The predicted octanol–water partition coefficient (Wildman–Crippen LogP) is 1.20. The third kappa shape index (κ3) is 2.54. The van der Waals surface area contributed by atoms with E-state index in [4.69, 9.17) is 0 Å². The van der Waals surface area contributed by atoms with E-state index >= 15 is 0 Å². The summed E-state index contributed by atoms with van der Waals surface area (Å²) in [6.45, 7) is 0.279. The van der Waals surface area contributed by atoms with Gasteiger partial charge >= 0.3 is 5.97 Å². The molecule has 1 aromatic carbocycles. The molecule has 2 aromatic rings. The molecular weight excluding hydrogens is 292 g/mol. The highest BCUT2D eigenvalue weighted by Crippen LogP contribution is 2.24. The van der Waals surface area contributed by atoms with E-state index in [9.17, 15) is 18.3 Å². The van der Waals surface area contributed by atoms with Gasteiger partial charge in [0.25, 0.3) is 0 Å². The second-order valence-electron chi connectivity index (χ2n) is 5.20. The number of aromatic amines is 1. The zero-order chi connectivity index (χ0) is 15.0. The maximum atomic E-state index is 12.0. The van der Waals surface area contributed by atoms with Crippen LogP contribution in [0.1, 0.15) is 12.0 Å². The molecule has 0 amide bonds. The van der Waals surface area contributed by atoms with Crippen LogP contribution in [0.3, 0.4) is 0 Å². The van der Waals surface area contributed by atoms with E-state index in [1.165, 1.54) is 0 Å². The summed E-state index contributed by atoms with van der Waals surface area (Å²) in [5.41, 5.74) is 1.74. The van der Waals surface area contributed by atoms with Gasteiger partial charge in [-0.3, -0.25) is 4.79 Å². The molecule has 3 rings (SSSR count). The van der Waals surface area contributed by atoms with Crippen molar-refractivity contribution in [1.29, 1.82) is 0 Å². The third-order valence-electron chi connectivity index (χ3n) is 3.86. The average molecular weight is 308 g/mol. The van der Waals surface area contributed by atoms with Gasteiger partial charge in [0.1, 0.15) is 6.04 Å². The summed E-state index contributed by atoms with van der Waals surface area (Å²) in [5.74, 6) is -1.07. The van der Waals surface area contributed by atoms with Crippen LogP contribution < -0.4 is 0 Å². The number of carbonyl (C=O) groups is 1. The molecular formula is C14H16N2O4S. The standard InChI is InChI=1S/C14H16N2O4S/c17-14(18)13(16-6-3-7-21(16,19)20)8-10-9-15-12-5-2-1-4-11(10)12/h1-2,4-5,9,13,15H,3,6-8H2,(H,17,18). The number of nitrogens with zero attached hydrogens (tertiary/aromatic N) is 1. The Balaban J connectivity index is 1.95. The average Bonchev–Trinajstić information content (AvgIpc) is 2.99. The zero-order valence-electron chi connectivity index (χ0n) is 11.3. The molecule has 0 aliphatic carbocycles. The van der Waals surface area contributed by atoms with Crippen molar-refractivity contribution in [3.8, 4) is 0 Å². The smallest absolute Gasteiger partial charge is 0.322 e. The SMILES string of the molecule is O=C(O)C(Cc1c[nH]c2ccccc12)N1CCCS1(=O)=O. The number of nitrogens with one attached hydrogen (secondary N) is 1. The Morgan fingerprint density at radius 2 is 2.14 bits per heavy atom. The first-order valence-corrected chi connectivity index (χ1v) is 8.37. The number of sulfonamides is 1. The van der Waals surface area contributed by atoms with Crippen LogP contribution in [-0.4, -0.2) is 47.1 Å². The van der Waals surface area contributed by atoms with Gasteiger partial charge in [0.15, 0.2) is 0 Å². The minimum absolute atomic E-state index is 0.0324. The molecule has 0 radical (unpaired) electrons. The van der Waals surface area contributed by atoms with Crippen LogP contribution in [0.25, 0.3) is 10.9 Å². The van der Waals surface area contributed by atoms with Crippen LogP contribution in [0.5, 0.6) is 0 Å². The Kier molecular flexibility index (Phi) is 3.46. The van der Waals surface area contributed by atoms with Gasteiger partial charge in [0.2, 0.25) is 10.0 Å². The van der Waals surface area contributed by atoms with E-state index in [0.717, 1.165) is 20.8 Å². The van der Waals surface area contributed by atoms with Crippen LogP contribution >= 0.6 is 0 Å². The quantitative estimate of drug-likeness (QED) is 0.888. The van der Waals surface area contributed by atoms with Gasteiger partial charge in [-0.2, -0.15) is 4.31 Å². The molecule has 1 aromatic heterocycles. The van der Waals surface area contributed by atoms with E-state index in [2.05, 4.69) is 4.98 Å². The largest absolute Gasteiger partial charge is 0.480 e. The normalized spacial score (nSPS) is 19.8. The molecule has 1 aliphatic heterocycles. The topological polar surface area (TPSA) is 90.5 Å². The summed E-state index contributed by atoms with van der Waals surface area (Å²) in [4.78, 5) is 14.6. The lowest BCUT2D eigenvalue weighted by Crippen LogP contribution is -2.43. The van der Waals surface area contributed by atoms with Gasteiger partial charge in [0, 0.05) is 30.1 Å². The second kappa shape index (κ2) is 5.16. The van der Waals surface area contributed by atoms with Crippen LogP contribution in [0.4, 0.5) is 0 Å². The summed E-state index contributed by atoms with van der Waals surface area (Å²) < 4.78 is 25.0. The van der Waals surface area contributed by atoms with Gasteiger partial charge in [-0.1, -0.05) is 18.2 Å². The lowest BCUT2D eigenvalue weighted by molar-refractivity contribution is -0.141. The van der Waals surface area contributed by atoms with Crippen molar-refractivity contribution in [3.63, 3.8) is 0 Å². The molecule has 7 heteroatoms. The fourth-order valence-electron chi connectivity index (χ4n) is 2.83. The molecule has 1 fully saturated rings. The van der Waals surface area contributed by atoms with Crippen molar-refractivity contribution in [2.45, 2.75) is 18.9 Å². The fraction of sp³-hybridized carbons (Fsp3) is 0.357. The Hall–Kier alpha value is -1.86. The maximum Gasteiger partial charge on any atom is 0.322 e. The van der Waals surface area contributed by atoms with Crippen molar-refractivity contribution in [2.75, 3.05) is 12.3 Å². The van der Waals surface area contributed by atoms with E-state index in [-0.39, 0.29) is 18.7 Å². The first kappa shape index (κ1) is 14.1. The number of rotatable bonds is 4. The van der Waals surface area contributed by atoms with Crippen molar-refractivity contribution in [2.24, 2.45) is 0 Å². The number of para-hydroxylation sites is 1. The molecule has 2 N–H and O–H groups in total. The molecule has 1 atom stereocenters. The minimum Gasteiger partial charge on any atom is -0.480 e.